The van der Waals surface area contributed by atoms with Crippen LogP contribution in [0.1, 0.15) is 5.56 Å². The SMILES string of the molecule is O=C(COc1ccccc1F)Oc1ccccc1C(F)(F)F. The predicted octanol–water partition coefficient (Wildman–Crippen LogP) is 3.83. The molecule has 7 heteroatoms. The Hall–Kier alpha value is -2.57. The molecule has 2 rings (SSSR count). The van der Waals surface area contributed by atoms with Gasteiger partial charge in [-0.1, -0.05) is 24.3 Å². The Morgan fingerprint density at radius 1 is 0.955 bits per heavy atom. The summed E-state index contributed by atoms with van der Waals surface area (Å²) in [6.07, 6.45) is -4.65. The Kier molecular flexibility index (Phi) is 4.65. The van der Waals surface area contributed by atoms with Crippen molar-refractivity contribution in [2.45, 2.75) is 6.18 Å². The molecule has 0 radical (unpaired) electrons. The van der Waals surface area contributed by atoms with Crippen molar-refractivity contribution in [3.8, 4) is 11.5 Å². The van der Waals surface area contributed by atoms with Crippen LogP contribution in [-0.4, -0.2) is 12.6 Å². The second-order valence-electron chi connectivity index (χ2n) is 4.19. The Morgan fingerprint density at radius 3 is 2.18 bits per heavy atom. The fourth-order valence-electron chi connectivity index (χ4n) is 1.64. The molecule has 3 nitrogen and oxygen atoms in total. The number of alkyl halides is 3. The Balaban J connectivity index is 2.03. The molecule has 2 aromatic carbocycles. The molecule has 0 unspecified atom stereocenters. The van der Waals surface area contributed by atoms with Crippen molar-refractivity contribution in [3.63, 3.8) is 0 Å². The van der Waals surface area contributed by atoms with Crippen LogP contribution in [-0.2, 0) is 11.0 Å². The van der Waals surface area contributed by atoms with E-state index in [9.17, 15) is 22.4 Å². The molecule has 0 aliphatic carbocycles. The van der Waals surface area contributed by atoms with Gasteiger partial charge in [0.05, 0.1) is 5.56 Å². The lowest BCUT2D eigenvalue weighted by Crippen LogP contribution is -2.20. The first-order valence-corrected chi connectivity index (χ1v) is 6.12. The average molecular weight is 314 g/mol. The first-order valence-electron chi connectivity index (χ1n) is 6.12. The monoisotopic (exact) mass is 314 g/mol. The van der Waals surface area contributed by atoms with Gasteiger partial charge in [0.2, 0.25) is 0 Å². The maximum Gasteiger partial charge on any atom is 0.419 e. The van der Waals surface area contributed by atoms with Crippen LogP contribution >= 0.6 is 0 Å². The van der Waals surface area contributed by atoms with Crippen molar-refractivity contribution in [1.29, 1.82) is 0 Å². The van der Waals surface area contributed by atoms with E-state index in [2.05, 4.69) is 4.74 Å². The van der Waals surface area contributed by atoms with E-state index >= 15 is 0 Å². The third-order valence-electron chi connectivity index (χ3n) is 2.60. The maximum absolute atomic E-state index is 13.3. The van der Waals surface area contributed by atoms with Gasteiger partial charge in [0.15, 0.2) is 18.2 Å². The topological polar surface area (TPSA) is 35.5 Å². The maximum atomic E-state index is 13.3. The smallest absolute Gasteiger partial charge is 0.419 e. The highest BCUT2D eigenvalue weighted by molar-refractivity contribution is 5.74. The number of hydrogen-bond acceptors (Lipinski definition) is 3. The zero-order chi connectivity index (χ0) is 16.2. The van der Waals surface area contributed by atoms with Gasteiger partial charge in [-0.2, -0.15) is 13.2 Å². The van der Waals surface area contributed by atoms with E-state index < -0.39 is 35.9 Å². The summed E-state index contributed by atoms with van der Waals surface area (Å²) in [5.41, 5.74) is -1.07. The summed E-state index contributed by atoms with van der Waals surface area (Å²) in [6, 6.07) is 9.62. The van der Waals surface area contributed by atoms with E-state index in [0.29, 0.717) is 0 Å². The van der Waals surface area contributed by atoms with Gasteiger partial charge < -0.3 is 9.47 Å². The van der Waals surface area contributed by atoms with Gasteiger partial charge in [0, 0.05) is 0 Å². The van der Waals surface area contributed by atoms with Crippen LogP contribution in [0.3, 0.4) is 0 Å². The fraction of sp³-hybridized carbons (Fsp3) is 0.133. The molecule has 0 amide bonds. The molecule has 0 aliphatic heterocycles. The van der Waals surface area contributed by atoms with Gasteiger partial charge in [0.1, 0.15) is 5.75 Å². The number of benzene rings is 2. The van der Waals surface area contributed by atoms with Crippen molar-refractivity contribution in [1.82, 2.24) is 0 Å². The average Bonchev–Trinajstić information content (AvgIpc) is 2.46. The number of halogens is 4. The van der Waals surface area contributed by atoms with Gasteiger partial charge >= 0.3 is 12.1 Å². The lowest BCUT2D eigenvalue weighted by atomic mass is 10.2. The molecule has 0 aromatic heterocycles. The van der Waals surface area contributed by atoms with Crippen molar-refractivity contribution in [3.05, 3.63) is 59.9 Å². The lowest BCUT2D eigenvalue weighted by Gasteiger charge is -2.12. The number of ether oxygens (including phenoxy) is 2. The molecular formula is C15H10F4O3. The van der Waals surface area contributed by atoms with E-state index in [1.54, 1.807) is 0 Å². The van der Waals surface area contributed by atoms with Crippen LogP contribution in [0.4, 0.5) is 17.6 Å². The highest BCUT2D eigenvalue weighted by atomic mass is 19.4. The summed E-state index contributed by atoms with van der Waals surface area (Å²) in [6.45, 7) is -0.715. The molecule has 0 spiro atoms. The summed E-state index contributed by atoms with van der Waals surface area (Å²) in [5.74, 6) is -2.58. The number of rotatable bonds is 4. The van der Waals surface area contributed by atoms with Gasteiger partial charge in [0.25, 0.3) is 0 Å². The number of hydrogen-bond donors (Lipinski definition) is 0. The molecule has 0 saturated heterocycles. The molecule has 0 fully saturated rings. The van der Waals surface area contributed by atoms with Crippen molar-refractivity contribution >= 4 is 5.97 Å². The van der Waals surface area contributed by atoms with E-state index in [4.69, 9.17) is 4.74 Å². The third-order valence-corrected chi connectivity index (χ3v) is 2.60. The molecule has 0 atom stereocenters. The Labute approximate surface area is 123 Å². The number of carbonyl (C=O) groups excluding carboxylic acids is 1. The molecule has 0 N–H and O–H groups in total. The van der Waals surface area contributed by atoms with Crippen LogP contribution in [0.2, 0.25) is 0 Å². The van der Waals surface area contributed by atoms with Gasteiger partial charge in [-0.05, 0) is 24.3 Å². The Bertz CT molecular complexity index is 668. The summed E-state index contributed by atoms with van der Waals surface area (Å²) in [7, 11) is 0. The zero-order valence-electron chi connectivity index (χ0n) is 11.1. The van der Waals surface area contributed by atoms with Crippen LogP contribution in [0.15, 0.2) is 48.5 Å². The molecular weight excluding hydrogens is 304 g/mol. The molecule has 0 heterocycles. The van der Waals surface area contributed by atoms with Crippen LogP contribution in [0, 0.1) is 5.82 Å². The standard InChI is InChI=1S/C15H10F4O3/c16-11-6-2-4-8-13(11)21-9-14(20)22-12-7-3-1-5-10(12)15(17,18)19/h1-8H,9H2. The van der Waals surface area contributed by atoms with Crippen molar-refractivity contribution < 1.29 is 31.8 Å². The molecule has 0 aliphatic rings. The molecule has 116 valence electrons. The number of esters is 1. The fourth-order valence-corrected chi connectivity index (χ4v) is 1.64. The highest BCUT2D eigenvalue weighted by Crippen LogP contribution is 2.35. The van der Waals surface area contributed by atoms with E-state index in [0.717, 1.165) is 18.2 Å². The van der Waals surface area contributed by atoms with Crippen LogP contribution < -0.4 is 9.47 Å². The number of carbonyl (C=O) groups is 1. The minimum absolute atomic E-state index is 0.191. The molecule has 22 heavy (non-hydrogen) atoms. The molecule has 0 bridgehead atoms. The number of para-hydroxylation sites is 2. The Morgan fingerprint density at radius 2 is 1.55 bits per heavy atom. The van der Waals surface area contributed by atoms with E-state index in [-0.39, 0.29) is 5.75 Å². The van der Waals surface area contributed by atoms with Crippen molar-refractivity contribution in [2.24, 2.45) is 0 Å². The predicted molar refractivity (Wildman–Crippen MR) is 69.0 cm³/mol. The highest BCUT2D eigenvalue weighted by Gasteiger charge is 2.34. The first kappa shape index (κ1) is 15.8. The van der Waals surface area contributed by atoms with E-state index in [1.807, 2.05) is 0 Å². The van der Waals surface area contributed by atoms with Crippen molar-refractivity contribution in [2.75, 3.05) is 6.61 Å². The second-order valence-corrected chi connectivity index (χ2v) is 4.19. The molecule has 0 saturated carbocycles. The van der Waals surface area contributed by atoms with Gasteiger partial charge in [-0.25, -0.2) is 9.18 Å². The third kappa shape index (κ3) is 3.97. The minimum atomic E-state index is -4.65. The summed E-state index contributed by atoms with van der Waals surface area (Å²) < 4.78 is 60.9. The van der Waals surface area contributed by atoms with E-state index in [1.165, 1.54) is 30.3 Å². The quantitative estimate of drug-likeness (QED) is 0.489. The first-order chi connectivity index (χ1) is 10.4. The largest absolute Gasteiger partial charge is 0.479 e. The molecule has 2 aromatic rings. The summed E-state index contributed by atoms with van der Waals surface area (Å²) in [4.78, 5) is 11.5. The summed E-state index contributed by atoms with van der Waals surface area (Å²) >= 11 is 0. The van der Waals surface area contributed by atoms with Gasteiger partial charge in [-0.15, -0.1) is 0 Å². The second kappa shape index (κ2) is 6.46. The normalized spacial score (nSPS) is 11.1. The zero-order valence-corrected chi connectivity index (χ0v) is 11.1. The van der Waals surface area contributed by atoms with Crippen LogP contribution in [0.5, 0.6) is 11.5 Å². The summed E-state index contributed by atoms with van der Waals surface area (Å²) in [5, 5.41) is 0. The van der Waals surface area contributed by atoms with Gasteiger partial charge in [-0.3, -0.25) is 0 Å². The van der Waals surface area contributed by atoms with Crippen LogP contribution in [0.25, 0.3) is 0 Å². The minimum Gasteiger partial charge on any atom is -0.479 e. The lowest BCUT2D eigenvalue weighted by molar-refractivity contribution is -0.143.